The smallest absolute Gasteiger partial charge is 0.311 e. The quantitative estimate of drug-likeness (QED) is 0.563. The van der Waals surface area contributed by atoms with Gasteiger partial charge in [0.1, 0.15) is 0 Å². The van der Waals surface area contributed by atoms with Gasteiger partial charge < -0.3 is 9.84 Å². The molecule has 0 spiro atoms. The molecule has 2 aliphatic rings. The fourth-order valence-electron chi connectivity index (χ4n) is 5.78. The van der Waals surface area contributed by atoms with Crippen LogP contribution in [0.15, 0.2) is 12.2 Å². The van der Waals surface area contributed by atoms with E-state index in [1.165, 1.54) is 19.1 Å². The number of hydrogen-bond donors (Lipinski definition) is 1. The number of fused-ring (bicyclic) bond motifs is 1. The van der Waals surface area contributed by atoms with Crippen LogP contribution in [0.4, 0.5) is 0 Å². The lowest BCUT2D eigenvalue weighted by Crippen LogP contribution is -2.53. The molecule has 0 amide bonds. The van der Waals surface area contributed by atoms with E-state index in [0.29, 0.717) is 17.8 Å². The maximum absolute atomic E-state index is 12.6. The predicted molar refractivity (Wildman–Crippen MR) is 97.5 cm³/mol. The Morgan fingerprint density at radius 1 is 1.38 bits per heavy atom. The predicted octanol–water partition coefficient (Wildman–Crippen LogP) is 4.74. The van der Waals surface area contributed by atoms with E-state index in [0.717, 1.165) is 44.9 Å². The van der Waals surface area contributed by atoms with Crippen molar-refractivity contribution in [3.63, 3.8) is 0 Å². The highest BCUT2D eigenvalue weighted by Gasteiger charge is 2.57. The number of carbonyl (C=O) groups is 1. The highest BCUT2D eigenvalue weighted by atomic mass is 16.5. The Labute approximate surface area is 147 Å². The minimum Gasteiger partial charge on any atom is -0.469 e. The van der Waals surface area contributed by atoms with Gasteiger partial charge in [0.15, 0.2) is 0 Å². The van der Waals surface area contributed by atoms with E-state index in [1.54, 1.807) is 0 Å². The summed E-state index contributed by atoms with van der Waals surface area (Å²) in [6.07, 6.45) is 8.44. The normalized spacial score (nSPS) is 37.6. The van der Waals surface area contributed by atoms with E-state index < -0.39 is 0 Å². The molecule has 5 atom stereocenters. The van der Waals surface area contributed by atoms with Gasteiger partial charge in [-0.25, -0.2) is 0 Å². The number of hydrogen-bond acceptors (Lipinski definition) is 3. The molecule has 3 heteroatoms. The average molecular weight is 337 g/mol. The van der Waals surface area contributed by atoms with E-state index in [4.69, 9.17) is 9.84 Å². The van der Waals surface area contributed by atoms with E-state index in [2.05, 4.69) is 27.4 Å². The standard InChI is InChI=1S/C21H36O3/c1-15(11-14-22)7-9-17-16(2)8-10-18-20(17,3)12-6-13-21(18,4)19(23)24-5/h15,17-18,22H,2,6-14H2,1,3-5H3/t15-,17-,18+,20+,21-/m0/s1. The summed E-state index contributed by atoms with van der Waals surface area (Å²) in [5, 5.41) is 9.15. The summed E-state index contributed by atoms with van der Waals surface area (Å²) in [4.78, 5) is 12.6. The number of aliphatic hydroxyl groups is 1. The van der Waals surface area contributed by atoms with Gasteiger partial charge in [0.25, 0.3) is 0 Å². The van der Waals surface area contributed by atoms with Crippen LogP contribution >= 0.6 is 0 Å². The summed E-state index contributed by atoms with van der Waals surface area (Å²) in [6.45, 7) is 11.4. The third-order valence-electron chi connectivity index (χ3n) is 7.24. The van der Waals surface area contributed by atoms with Crippen LogP contribution in [0, 0.1) is 28.6 Å². The SMILES string of the molecule is C=C1CC[C@@H]2[C@](C)(CCC[C@]2(C)C(=O)OC)[C@H]1CC[C@H](C)CCO. The van der Waals surface area contributed by atoms with Crippen LogP contribution in [0.2, 0.25) is 0 Å². The third kappa shape index (κ3) is 3.42. The number of methoxy groups -OCH3 is 1. The highest BCUT2D eigenvalue weighted by Crippen LogP contribution is 2.62. The van der Waals surface area contributed by atoms with Crippen LogP contribution in [-0.4, -0.2) is 24.8 Å². The Balaban J connectivity index is 2.22. The highest BCUT2D eigenvalue weighted by molar-refractivity contribution is 5.77. The lowest BCUT2D eigenvalue weighted by atomic mass is 9.46. The maximum atomic E-state index is 12.6. The van der Waals surface area contributed by atoms with Crippen molar-refractivity contribution >= 4 is 5.97 Å². The van der Waals surface area contributed by atoms with E-state index in [9.17, 15) is 4.79 Å². The molecule has 0 aliphatic heterocycles. The Morgan fingerprint density at radius 3 is 2.71 bits per heavy atom. The van der Waals surface area contributed by atoms with Crippen molar-refractivity contribution in [3.05, 3.63) is 12.2 Å². The van der Waals surface area contributed by atoms with E-state index in [-0.39, 0.29) is 23.4 Å². The second kappa shape index (κ2) is 7.59. The summed E-state index contributed by atoms with van der Waals surface area (Å²) in [6, 6.07) is 0. The molecule has 2 saturated carbocycles. The lowest BCUT2D eigenvalue weighted by Gasteiger charge is -2.57. The number of carbonyl (C=O) groups excluding carboxylic acids is 1. The molecule has 138 valence electrons. The van der Waals surface area contributed by atoms with Gasteiger partial charge in [0.2, 0.25) is 0 Å². The van der Waals surface area contributed by atoms with Gasteiger partial charge in [-0.2, -0.15) is 0 Å². The number of ether oxygens (including phenoxy) is 1. The van der Waals surface area contributed by atoms with Gasteiger partial charge in [0.05, 0.1) is 12.5 Å². The molecular weight excluding hydrogens is 300 g/mol. The summed E-state index contributed by atoms with van der Waals surface area (Å²) in [5.41, 5.74) is 1.17. The molecule has 24 heavy (non-hydrogen) atoms. The lowest BCUT2D eigenvalue weighted by molar-refractivity contribution is -0.168. The zero-order chi connectivity index (χ0) is 18.0. The summed E-state index contributed by atoms with van der Waals surface area (Å²) in [7, 11) is 1.52. The minimum atomic E-state index is -0.350. The number of allylic oxidation sites excluding steroid dienone is 1. The topological polar surface area (TPSA) is 46.5 Å². The molecule has 3 nitrogen and oxygen atoms in total. The van der Waals surface area contributed by atoms with Crippen molar-refractivity contribution in [2.75, 3.05) is 13.7 Å². The molecule has 1 N–H and O–H groups in total. The molecule has 0 bridgehead atoms. The summed E-state index contributed by atoms with van der Waals surface area (Å²) in [5.74, 6) is 1.39. The van der Waals surface area contributed by atoms with Crippen molar-refractivity contribution in [2.24, 2.45) is 28.6 Å². The van der Waals surface area contributed by atoms with Crippen LogP contribution < -0.4 is 0 Å². The van der Waals surface area contributed by atoms with Crippen LogP contribution in [0.1, 0.15) is 72.1 Å². The van der Waals surface area contributed by atoms with Gasteiger partial charge >= 0.3 is 5.97 Å². The zero-order valence-electron chi connectivity index (χ0n) is 16.1. The molecule has 0 aromatic carbocycles. The first-order valence-corrected chi connectivity index (χ1v) is 9.66. The van der Waals surface area contributed by atoms with Crippen LogP contribution in [-0.2, 0) is 9.53 Å². The van der Waals surface area contributed by atoms with Crippen molar-refractivity contribution in [2.45, 2.75) is 72.1 Å². The number of esters is 1. The molecule has 0 radical (unpaired) electrons. The molecule has 0 aromatic heterocycles. The Bertz CT molecular complexity index is 472. The molecule has 2 aliphatic carbocycles. The second-order valence-corrected chi connectivity index (χ2v) is 8.77. The minimum absolute atomic E-state index is 0.0293. The van der Waals surface area contributed by atoms with Gasteiger partial charge in [-0.1, -0.05) is 38.8 Å². The molecule has 2 rings (SSSR count). The van der Waals surface area contributed by atoms with Crippen LogP contribution in [0.5, 0.6) is 0 Å². The first-order valence-electron chi connectivity index (χ1n) is 9.66. The molecule has 0 heterocycles. The second-order valence-electron chi connectivity index (χ2n) is 8.77. The molecule has 0 aromatic rings. The van der Waals surface area contributed by atoms with Crippen molar-refractivity contribution < 1.29 is 14.6 Å². The van der Waals surface area contributed by atoms with Gasteiger partial charge in [-0.15, -0.1) is 0 Å². The Hall–Kier alpha value is -0.830. The number of rotatable bonds is 6. The monoisotopic (exact) mass is 336 g/mol. The van der Waals surface area contributed by atoms with Crippen molar-refractivity contribution in [3.8, 4) is 0 Å². The van der Waals surface area contributed by atoms with Gasteiger partial charge in [-0.05, 0) is 68.6 Å². The zero-order valence-corrected chi connectivity index (χ0v) is 16.1. The molecule has 0 saturated heterocycles. The first kappa shape index (κ1) is 19.5. The van der Waals surface area contributed by atoms with Crippen molar-refractivity contribution in [1.82, 2.24) is 0 Å². The first-order chi connectivity index (χ1) is 11.3. The van der Waals surface area contributed by atoms with E-state index in [1.807, 2.05) is 0 Å². The maximum Gasteiger partial charge on any atom is 0.311 e. The van der Waals surface area contributed by atoms with E-state index >= 15 is 0 Å². The van der Waals surface area contributed by atoms with Crippen LogP contribution in [0.3, 0.4) is 0 Å². The largest absolute Gasteiger partial charge is 0.469 e. The van der Waals surface area contributed by atoms with Crippen LogP contribution in [0.25, 0.3) is 0 Å². The Morgan fingerprint density at radius 2 is 2.08 bits per heavy atom. The van der Waals surface area contributed by atoms with Crippen molar-refractivity contribution in [1.29, 1.82) is 0 Å². The van der Waals surface area contributed by atoms with Gasteiger partial charge in [0, 0.05) is 6.61 Å². The summed E-state index contributed by atoms with van der Waals surface area (Å²) >= 11 is 0. The molecule has 0 unspecified atom stereocenters. The Kier molecular flexibility index (Phi) is 6.17. The third-order valence-corrected chi connectivity index (χ3v) is 7.24. The molecular formula is C21H36O3. The fourth-order valence-corrected chi connectivity index (χ4v) is 5.78. The van der Waals surface area contributed by atoms with Gasteiger partial charge in [-0.3, -0.25) is 4.79 Å². The number of aliphatic hydroxyl groups excluding tert-OH is 1. The fraction of sp³-hybridized carbons (Fsp3) is 0.857. The summed E-state index contributed by atoms with van der Waals surface area (Å²) < 4.78 is 5.19. The molecule has 2 fully saturated rings. The average Bonchev–Trinajstić information content (AvgIpc) is 2.53.